The lowest BCUT2D eigenvalue weighted by molar-refractivity contribution is 0.0331. The largest absolute Gasteiger partial charge is 0.379 e. The number of nitrogens with zero attached hydrogens (tertiary/aromatic N) is 6. The van der Waals surface area contributed by atoms with Gasteiger partial charge in [-0.1, -0.05) is 0 Å². The molecule has 3 aromatic rings. The summed E-state index contributed by atoms with van der Waals surface area (Å²) in [4.78, 5) is 14.6. The number of ether oxygens (including phenoxy) is 1. The molecule has 1 aliphatic heterocycles. The zero-order chi connectivity index (χ0) is 19.1. The molecular formula is C18H22N6O2S2. The van der Waals surface area contributed by atoms with Crippen LogP contribution in [0.15, 0.2) is 11.5 Å². The van der Waals surface area contributed by atoms with Gasteiger partial charge in [-0.05, 0) is 31.2 Å². The molecule has 28 heavy (non-hydrogen) atoms. The van der Waals surface area contributed by atoms with Crippen molar-refractivity contribution in [2.24, 2.45) is 0 Å². The van der Waals surface area contributed by atoms with E-state index in [0.29, 0.717) is 11.7 Å². The van der Waals surface area contributed by atoms with Gasteiger partial charge >= 0.3 is 0 Å². The highest BCUT2D eigenvalue weighted by atomic mass is 32.2. The predicted molar refractivity (Wildman–Crippen MR) is 107 cm³/mol. The summed E-state index contributed by atoms with van der Waals surface area (Å²) in [6.45, 7) is 3.93. The highest BCUT2D eigenvalue weighted by Crippen LogP contribution is 2.38. The van der Waals surface area contributed by atoms with Gasteiger partial charge in [-0.2, -0.15) is 0 Å². The average Bonchev–Trinajstić information content (AvgIpc) is 3.33. The second-order valence-electron chi connectivity index (χ2n) is 7.18. The van der Waals surface area contributed by atoms with E-state index in [1.54, 1.807) is 28.5 Å². The molecule has 1 atom stereocenters. The van der Waals surface area contributed by atoms with Gasteiger partial charge in [-0.25, -0.2) is 9.97 Å². The van der Waals surface area contributed by atoms with Gasteiger partial charge in [0, 0.05) is 24.2 Å². The van der Waals surface area contributed by atoms with E-state index in [0.717, 1.165) is 61.0 Å². The van der Waals surface area contributed by atoms with Gasteiger partial charge in [-0.3, -0.25) is 13.7 Å². The van der Waals surface area contributed by atoms with E-state index in [2.05, 4.69) is 15.1 Å². The Morgan fingerprint density at radius 3 is 2.86 bits per heavy atom. The molecule has 0 bridgehead atoms. The van der Waals surface area contributed by atoms with Crippen LogP contribution in [0.1, 0.15) is 29.1 Å². The highest BCUT2D eigenvalue weighted by Gasteiger charge is 2.24. The zero-order valence-electron chi connectivity index (χ0n) is 15.8. The summed E-state index contributed by atoms with van der Waals surface area (Å²) in [6.07, 6.45) is 7.79. The summed E-state index contributed by atoms with van der Waals surface area (Å²) in [5, 5.41) is 9.58. The third kappa shape index (κ3) is 3.28. The zero-order valence-corrected chi connectivity index (χ0v) is 17.4. The Balaban J connectivity index is 1.67. The first kappa shape index (κ1) is 18.3. The Kier molecular flexibility index (Phi) is 4.95. The van der Waals surface area contributed by atoms with E-state index in [-0.39, 0.29) is 0 Å². The first-order valence-electron chi connectivity index (χ1n) is 9.56. The van der Waals surface area contributed by atoms with Crippen LogP contribution in [0.5, 0.6) is 0 Å². The summed E-state index contributed by atoms with van der Waals surface area (Å²) in [5.74, 6) is 1.55. The molecule has 0 aromatic carbocycles. The van der Waals surface area contributed by atoms with Crippen molar-refractivity contribution in [3.63, 3.8) is 0 Å². The summed E-state index contributed by atoms with van der Waals surface area (Å²) in [6, 6.07) is 0. The van der Waals surface area contributed by atoms with Crippen LogP contribution in [0.25, 0.3) is 16.0 Å². The maximum Gasteiger partial charge on any atom is 0.226 e. The monoisotopic (exact) mass is 418 g/mol. The van der Waals surface area contributed by atoms with E-state index in [4.69, 9.17) is 14.7 Å². The number of aromatic nitrogens is 5. The van der Waals surface area contributed by atoms with Crippen molar-refractivity contribution < 1.29 is 8.95 Å². The van der Waals surface area contributed by atoms with Crippen molar-refractivity contribution in [3.8, 4) is 5.82 Å². The molecule has 0 N–H and O–H groups in total. The quantitative estimate of drug-likeness (QED) is 0.638. The minimum absolute atomic E-state index is 0.424. The summed E-state index contributed by atoms with van der Waals surface area (Å²) in [7, 11) is -1.25. The van der Waals surface area contributed by atoms with Gasteiger partial charge in [0.2, 0.25) is 5.16 Å². The molecule has 1 saturated heterocycles. The second kappa shape index (κ2) is 7.58. The fraction of sp³-hybridized carbons (Fsp3) is 0.556. The number of thiophene rings is 1. The Morgan fingerprint density at radius 1 is 1.21 bits per heavy atom. The van der Waals surface area contributed by atoms with Crippen LogP contribution in [0.2, 0.25) is 0 Å². The standard InChI is InChI=1S/C18H22N6O2S2/c1-28(25)18-22-19-11-24(18)16-15-12-4-2-3-5-13(12)27-17(15)21-14(20-16)10-23-6-8-26-9-7-23/h11H,2-10H2,1H3. The molecule has 1 aliphatic carbocycles. The van der Waals surface area contributed by atoms with Gasteiger partial charge in [0.1, 0.15) is 17.0 Å². The van der Waals surface area contributed by atoms with Crippen molar-refractivity contribution in [2.75, 3.05) is 32.6 Å². The van der Waals surface area contributed by atoms with Gasteiger partial charge in [0.25, 0.3) is 0 Å². The number of morpholine rings is 1. The fourth-order valence-electron chi connectivity index (χ4n) is 3.95. The van der Waals surface area contributed by atoms with Crippen molar-refractivity contribution >= 4 is 32.4 Å². The molecule has 1 unspecified atom stereocenters. The molecule has 0 radical (unpaired) electrons. The number of rotatable bonds is 4. The fourth-order valence-corrected chi connectivity index (χ4v) is 5.80. The maximum atomic E-state index is 12.2. The van der Waals surface area contributed by atoms with Gasteiger partial charge in [0.05, 0.1) is 35.9 Å². The van der Waals surface area contributed by atoms with Crippen LogP contribution < -0.4 is 0 Å². The smallest absolute Gasteiger partial charge is 0.226 e. The molecule has 148 valence electrons. The molecular weight excluding hydrogens is 396 g/mol. The van der Waals surface area contributed by atoms with Crippen LogP contribution in [0, 0.1) is 0 Å². The number of hydrogen-bond acceptors (Lipinski definition) is 8. The van der Waals surface area contributed by atoms with Gasteiger partial charge in [-0.15, -0.1) is 21.5 Å². The molecule has 3 aromatic heterocycles. The third-order valence-electron chi connectivity index (χ3n) is 5.31. The van der Waals surface area contributed by atoms with Gasteiger partial charge in [0.15, 0.2) is 5.82 Å². The molecule has 10 heteroatoms. The molecule has 0 saturated carbocycles. The summed E-state index contributed by atoms with van der Waals surface area (Å²) < 4.78 is 19.4. The lowest BCUT2D eigenvalue weighted by Gasteiger charge is -2.25. The first-order chi connectivity index (χ1) is 13.7. The van der Waals surface area contributed by atoms with Crippen LogP contribution >= 0.6 is 11.3 Å². The normalized spacial score (nSPS) is 19.0. The van der Waals surface area contributed by atoms with Crippen molar-refractivity contribution in [3.05, 3.63) is 22.6 Å². The van der Waals surface area contributed by atoms with Crippen LogP contribution in [-0.4, -0.2) is 66.4 Å². The molecule has 2 aliphatic rings. The summed E-state index contributed by atoms with van der Waals surface area (Å²) >= 11 is 1.78. The molecule has 5 rings (SSSR count). The van der Waals surface area contributed by atoms with E-state index in [9.17, 15) is 4.21 Å². The number of hydrogen-bond donors (Lipinski definition) is 0. The summed E-state index contributed by atoms with van der Waals surface area (Å²) in [5.41, 5.74) is 1.35. The minimum atomic E-state index is -1.25. The highest BCUT2D eigenvalue weighted by molar-refractivity contribution is 7.84. The Hall–Kier alpha value is -1.75. The Bertz CT molecular complexity index is 1040. The van der Waals surface area contributed by atoms with Crippen LogP contribution in [-0.2, 0) is 34.9 Å². The van der Waals surface area contributed by atoms with E-state index >= 15 is 0 Å². The third-order valence-corrected chi connectivity index (χ3v) is 7.29. The van der Waals surface area contributed by atoms with E-state index in [1.807, 2.05) is 0 Å². The predicted octanol–water partition coefficient (Wildman–Crippen LogP) is 1.72. The molecule has 0 amide bonds. The van der Waals surface area contributed by atoms with Crippen molar-refractivity contribution in [2.45, 2.75) is 37.4 Å². The number of fused-ring (bicyclic) bond motifs is 3. The topological polar surface area (TPSA) is 86.0 Å². The maximum absolute atomic E-state index is 12.2. The lowest BCUT2D eigenvalue weighted by Crippen LogP contribution is -2.36. The molecule has 8 nitrogen and oxygen atoms in total. The first-order valence-corrected chi connectivity index (χ1v) is 11.9. The Morgan fingerprint density at radius 2 is 2.04 bits per heavy atom. The van der Waals surface area contributed by atoms with Crippen LogP contribution in [0.4, 0.5) is 0 Å². The molecule has 1 fully saturated rings. The lowest BCUT2D eigenvalue weighted by atomic mass is 9.97. The second-order valence-corrected chi connectivity index (χ2v) is 9.54. The van der Waals surface area contributed by atoms with E-state index in [1.165, 1.54) is 23.3 Å². The molecule has 0 spiro atoms. The average molecular weight is 419 g/mol. The SMILES string of the molecule is CS(=O)c1nncn1-c1nc(CN2CCOCC2)nc2sc3c(c12)CCCC3. The van der Waals surface area contributed by atoms with Crippen molar-refractivity contribution in [1.29, 1.82) is 0 Å². The minimum Gasteiger partial charge on any atom is -0.379 e. The molecule has 4 heterocycles. The van der Waals surface area contributed by atoms with E-state index < -0.39 is 10.8 Å². The number of aryl methyl sites for hydroxylation is 2. The Labute approximate surface area is 169 Å². The van der Waals surface area contributed by atoms with Crippen molar-refractivity contribution in [1.82, 2.24) is 29.6 Å². The van der Waals surface area contributed by atoms with Crippen LogP contribution in [0.3, 0.4) is 0 Å². The van der Waals surface area contributed by atoms with Gasteiger partial charge < -0.3 is 4.74 Å².